The van der Waals surface area contributed by atoms with Crippen LogP contribution in [-0.2, 0) is 6.54 Å². The van der Waals surface area contributed by atoms with E-state index >= 15 is 0 Å². The zero-order valence-corrected chi connectivity index (χ0v) is 8.30. The van der Waals surface area contributed by atoms with Gasteiger partial charge in [0.25, 0.3) is 5.56 Å². The maximum absolute atomic E-state index is 11.3. The number of nitrogens with one attached hydrogen (secondary N) is 1. The van der Waals surface area contributed by atoms with Gasteiger partial charge in [-0.2, -0.15) is 0 Å². The molecule has 0 amide bonds. The predicted molar refractivity (Wildman–Crippen MR) is 57.8 cm³/mol. The first-order valence-corrected chi connectivity index (χ1v) is 4.32. The standard InChI is InChI=1S/C9H10N2O2S/c1-3-5-11-8(13)6(4-2)7(12)10-9(11)14/h3-4,13H,1-2,5H2,(H,10,12,14). The van der Waals surface area contributed by atoms with Crippen LogP contribution >= 0.6 is 12.2 Å². The lowest BCUT2D eigenvalue weighted by molar-refractivity contribution is 0.413. The van der Waals surface area contributed by atoms with E-state index < -0.39 is 5.56 Å². The van der Waals surface area contributed by atoms with Crippen molar-refractivity contribution in [3.05, 3.63) is 39.9 Å². The van der Waals surface area contributed by atoms with E-state index in [9.17, 15) is 9.90 Å². The average Bonchev–Trinajstić information content (AvgIpc) is 2.12. The summed E-state index contributed by atoms with van der Waals surface area (Å²) in [5.74, 6) is -0.186. The van der Waals surface area contributed by atoms with Crippen LogP contribution in [0.25, 0.3) is 6.08 Å². The molecule has 2 N–H and O–H groups in total. The molecule has 0 unspecified atom stereocenters. The Bertz CT molecular complexity index is 485. The second-order valence-electron chi connectivity index (χ2n) is 2.60. The van der Waals surface area contributed by atoms with Crippen LogP contribution in [-0.4, -0.2) is 14.7 Å². The summed E-state index contributed by atoms with van der Waals surface area (Å²) in [4.78, 5) is 13.7. The van der Waals surface area contributed by atoms with E-state index in [4.69, 9.17) is 12.2 Å². The van der Waals surface area contributed by atoms with Crippen LogP contribution in [0.1, 0.15) is 5.56 Å². The minimum Gasteiger partial charge on any atom is -0.494 e. The predicted octanol–water partition coefficient (Wildman–Crippen LogP) is 1.44. The number of aromatic nitrogens is 2. The molecule has 0 aliphatic rings. The van der Waals surface area contributed by atoms with Gasteiger partial charge >= 0.3 is 0 Å². The first kappa shape index (κ1) is 10.5. The smallest absolute Gasteiger partial charge is 0.262 e. The molecule has 0 saturated heterocycles. The largest absolute Gasteiger partial charge is 0.494 e. The number of hydrogen-bond acceptors (Lipinski definition) is 3. The fraction of sp³-hybridized carbons (Fsp3) is 0.111. The fourth-order valence-corrected chi connectivity index (χ4v) is 1.31. The third-order valence-corrected chi connectivity index (χ3v) is 2.05. The van der Waals surface area contributed by atoms with Crippen LogP contribution in [0.3, 0.4) is 0 Å². The molecule has 74 valence electrons. The summed E-state index contributed by atoms with van der Waals surface area (Å²) in [6, 6.07) is 0. The van der Waals surface area contributed by atoms with Crippen molar-refractivity contribution < 1.29 is 5.11 Å². The Labute approximate surface area is 85.8 Å². The number of rotatable bonds is 3. The van der Waals surface area contributed by atoms with Crippen molar-refractivity contribution in [2.24, 2.45) is 0 Å². The molecule has 1 aromatic heterocycles. The van der Waals surface area contributed by atoms with Gasteiger partial charge in [-0.1, -0.05) is 18.7 Å². The fourth-order valence-electron chi connectivity index (χ4n) is 1.06. The lowest BCUT2D eigenvalue weighted by Crippen LogP contribution is -2.16. The van der Waals surface area contributed by atoms with Crippen LogP contribution < -0.4 is 5.56 Å². The first-order chi connectivity index (χ1) is 6.61. The highest BCUT2D eigenvalue weighted by Crippen LogP contribution is 2.13. The Kier molecular flexibility index (Phi) is 3.03. The molecule has 5 heteroatoms. The third kappa shape index (κ3) is 1.67. The minimum atomic E-state index is -0.442. The van der Waals surface area contributed by atoms with Crippen molar-refractivity contribution >= 4 is 18.3 Å². The molecular weight excluding hydrogens is 200 g/mol. The zero-order chi connectivity index (χ0) is 10.7. The van der Waals surface area contributed by atoms with Gasteiger partial charge in [0.1, 0.15) is 0 Å². The molecule has 1 rings (SSSR count). The molecule has 0 atom stereocenters. The summed E-state index contributed by atoms with van der Waals surface area (Å²) >= 11 is 4.87. The minimum absolute atomic E-state index is 0.112. The van der Waals surface area contributed by atoms with Crippen molar-refractivity contribution in [2.45, 2.75) is 6.54 Å². The molecule has 0 aliphatic heterocycles. The van der Waals surface area contributed by atoms with Gasteiger partial charge in [-0.05, 0) is 12.2 Å². The monoisotopic (exact) mass is 210 g/mol. The average molecular weight is 210 g/mol. The van der Waals surface area contributed by atoms with E-state index in [1.807, 2.05) is 0 Å². The van der Waals surface area contributed by atoms with Gasteiger partial charge in [-0.25, -0.2) is 0 Å². The van der Waals surface area contributed by atoms with Crippen LogP contribution in [0, 0.1) is 4.77 Å². The van der Waals surface area contributed by atoms with E-state index in [0.717, 1.165) is 0 Å². The maximum Gasteiger partial charge on any atom is 0.262 e. The number of aromatic hydroxyl groups is 1. The molecule has 0 aliphatic carbocycles. The quantitative estimate of drug-likeness (QED) is 0.586. The number of allylic oxidation sites excluding steroid dienone is 1. The molecule has 0 saturated carbocycles. The van der Waals surface area contributed by atoms with Gasteiger partial charge in [-0.3, -0.25) is 14.3 Å². The molecule has 0 bridgehead atoms. The summed E-state index contributed by atoms with van der Waals surface area (Å²) in [7, 11) is 0. The molecule has 0 aromatic carbocycles. The van der Waals surface area contributed by atoms with Crippen LogP contribution in [0.15, 0.2) is 24.0 Å². The first-order valence-electron chi connectivity index (χ1n) is 3.91. The van der Waals surface area contributed by atoms with E-state index in [0.29, 0.717) is 6.54 Å². The van der Waals surface area contributed by atoms with E-state index in [2.05, 4.69) is 18.1 Å². The van der Waals surface area contributed by atoms with Crippen molar-refractivity contribution in [3.8, 4) is 5.88 Å². The van der Waals surface area contributed by atoms with E-state index in [-0.39, 0.29) is 16.2 Å². The number of nitrogens with zero attached hydrogens (tertiary/aromatic N) is 1. The normalized spacial score (nSPS) is 9.71. The Balaban J connectivity index is 3.59. The van der Waals surface area contributed by atoms with Crippen molar-refractivity contribution in [2.75, 3.05) is 0 Å². The SMILES string of the molecule is C=CCn1c(O)c(C=C)c(=O)[nH]c1=S. The molecule has 1 aromatic rings. The molecular formula is C9H10N2O2S. The second-order valence-corrected chi connectivity index (χ2v) is 2.99. The van der Waals surface area contributed by atoms with Gasteiger partial charge in [0.15, 0.2) is 4.77 Å². The zero-order valence-electron chi connectivity index (χ0n) is 7.49. The molecule has 14 heavy (non-hydrogen) atoms. The van der Waals surface area contributed by atoms with Crippen molar-refractivity contribution in [1.29, 1.82) is 0 Å². The summed E-state index contributed by atoms with van der Waals surface area (Å²) in [6.45, 7) is 7.29. The highest BCUT2D eigenvalue weighted by atomic mass is 32.1. The van der Waals surface area contributed by atoms with Crippen molar-refractivity contribution in [1.82, 2.24) is 9.55 Å². The topological polar surface area (TPSA) is 58.0 Å². The highest BCUT2D eigenvalue weighted by Gasteiger charge is 2.07. The molecule has 4 nitrogen and oxygen atoms in total. The molecule has 0 fully saturated rings. The molecule has 0 radical (unpaired) electrons. The van der Waals surface area contributed by atoms with Gasteiger partial charge < -0.3 is 5.11 Å². The van der Waals surface area contributed by atoms with Crippen LogP contribution in [0.5, 0.6) is 5.88 Å². The van der Waals surface area contributed by atoms with E-state index in [1.165, 1.54) is 10.6 Å². The Hall–Kier alpha value is -1.62. The second kappa shape index (κ2) is 4.06. The van der Waals surface area contributed by atoms with Crippen molar-refractivity contribution in [3.63, 3.8) is 0 Å². The van der Waals surface area contributed by atoms with E-state index in [1.54, 1.807) is 6.08 Å². The van der Waals surface area contributed by atoms with Gasteiger partial charge in [0, 0.05) is 6.54 Å². The highest BCUT2D eigenvalue weighted by molar-refractivity contribution is 7.71. The van der Waals surface area contributed by atoms with Gasteiger partial charge in [0.05, 0.1) is 5.56 Å². The summed E-state index contributed by atoms with van der Waals surface area (Å²) in [6.07, 6.45) is 2.85. The molecule has 1 heterocycles. The summed E-state index contributed by atoms with van der Waals surface area (Å²) < 4.78 is 1.53. The third-order valence-electron chi connectivity index (χ3n) is 1.72. The number of aromatic amines is 1. The molecule has 0 spiro atoms. The Morgan fingerprint density at radius 1 is 1.57 bits per heavy atom. The number of hydrogen-bond donors (Lipinski definition) is 2. The Morgan fingerprint density at radius 2 is 2.21 bits per heavy atom. The van der Waals surface area contributed by atoms with Gasteiger partial charge in [0.2, 0.25) is 5.88 Å². The lowest BCUT2D eigenvalue weighted by Gasteiger charge is -2.08. The maximum atomic E-state index is 11.3. The number of H-pyrrole nitrogens is 1. The summed E-state index contributed by atoms with van der Waals surface area (Å²) in [5, 5.41) is 9.64. The van der Waals surface area contributed by atoms with Crippen LogP contribution in [0.4, 0.5) is 0 Å². The van der Waals surface area contributed by atoms with Crippen LogP contribution in [0.2, 0.25) is 0 Å². The Morgan fingerprint density at radius 3 is 2.71 bits per heavy atom. The van der Waals surface area contributed by atoms with Gasteiger partial charge in [-0.15, -0.1) is 6.58 Å². The summed E-state index contributed by atoms with van der Waals surface area (Å²) in [5.41, 5.74) is -0.330. The lowest BCUT2D eigenvalue weighted by atomic mass is 10.3.